The van der Waals surface area contributed by atoms with Crippen LogP contribution in [-0.2, 0) is 14.8 Å². The lowest BCUT2D eigenvalue weighted by molar-refractivity contribution is -0.123. The number of piperidine rings is 1. The number of carbonyl (C=O) groups is 1. The first kappa shape index (κ1) is 22.3. The molecule has 1 heterocycles. The summed E-state index contributed by atoms with van der Waals surface area (Å²) in [7, 11) is -0.361. The second-order valence-corrected chi connectivity index (χ2v) is 9.90. The molecule has 0 radical (unpaired) electrons. The van der Waals surface area contributed by atoms with Gasteiger partial charge in [0.15, 0.2) is 0 Å². The van der Waals surface area contributed by atoms with Crippen molar-refractivity contribution in [2.75, 3.05) is 32.1 Å². The Labute approximate surface area is 179 Å². The second-order valence-electron chi connectivity index (χ2n) is 8.03. The van der Waals surface area contributed by atoms with Gasteiger partial charge in [-0.25, -0.2) is 8.42 Å². The van der Waals surface area contributed by atoms with Crippen LogP contribution in [0.25, 0.3) is 0 Å². The molecule has 1 unspecified atom stereocenters. The topological polar surface area (TPSA) is 66.9 Å². The van der Waals surface area contributed by atoms with Crippen molar-refractivity contribution in [3.8, 4) is 5.75 Å². The van der Waals surface area contributed by atoms with E-state index in [4.69, 9.17) is 4.74 Å². The number of nitrogens with zero attached hydrogens (tertiary/aromatic N) is 2. The van der Waals surface area contributed by atoms with Crippen LogP contribution >= 0.6 is 0 Å². The number of ether oxygens (including phenoxy) is 1. The minimum absolute atomic E-state index is 0.0829. The molecule has 3 rings (SSSR count). The van der Waals surface area contributed by atoms with E-state index in [2.05, 4.69) is 0 Å². The van der Waals surface area contributed by atoms with Gasteiger partial charge in [0.1, 0.15) is 5.75 Å². The third-order valence-electron chi connectivity index (χ3n) is 5.71. The number of sulfonamides is 1. The van der Waals surface area contributed by atoms with Crippen LogP contribution in [0.5, 0.6) is 5.75 Å². The third-order valence-corrected chi connectivity index (χ3v) is 7.88. The van der Waals surface area contributed by atoms with Crippen LogP contribution in [0.2, 0.25) is 0 Å². The normalized spacial score (nSPS) is 17.6. The lowest BCUT2D eigenvalue weighted by Crippen LogP contribution is -2.46. The van der Waals surface area contributed by atoms with Crippen molar-refractivity contribution in [1.29, 1.82) is 0 Å². The number of amides is 1. The first-order valence-corrected chi connectivity index (χ1v) is 11.6. The zero-order chi connectivity index (χ0) is 22.1. The van der Waals surface area contributed by atoms with Gasteiger partial charge in [-0.3, -0.25) is 4.79 Å². The Bertz CT molecular complexity index is 1030. The summed E-state index contributed by atoms with van der Waals surface area (Å²) in [6.45, 7) is 6.25. The Morgan fingerprint density at radius 3 is 2.43 bits per heavy atom. The zero-order valence-electron chi connectivity index (χ0n) is 18.3. The fraction of sp³-hybridized carbons (Fsp3) is 0.435. The van der Waals surface area contributed by atoms with Gasteiger partial charge in [-0.2, -0.15) is 4.31 Å². The maximum Gasteiger partial charge on any atom is 0.243 e. The molecule has 2 aromatic rings. The van der Waals surface area contributed by atoms with E-state index < -0.39 is 10.0 Å². The second kappa shape index (κ2) is 8.78. The van der Waals surface area contributed by atoms with E-state index in [-0.39, 0.29) is 18.4 Å². The van der Waals surface area contributed by atoms with Crippen molar-refractivity contribution in [2.45, 2.75) is 38.5 Å². The summed E-state index contributed by atoms with van der Waals surface area (Å²) in [4.78, 5) is 15.1. The molecule has 30 heavy (non-hydrogen) atoms. The maximum atomic E-state index is 13.4. The van der Waals surface area contributed by atoms with Crippen LogP contribution < -0.4 is 9.64 Å². The van der Waals surface area contributed by atoms with Crippen molar-refractivity contribution in [2.24, 2.45) is 5.92 Å². The Morgan fingerprint density at radius 2 is 1.80 bits per heavy atom. The molecule has 1 aliphatic rings. The quantitative estimate of drug-likeness (QED) is 0.726. The minimum Gasteiger partial charge on any atom is -0.497 e. The Hall–Kier alpha value is -2.38. The summed E-state index contributed by atoms with van der Waals surface area (Å²) >= 11 is 0. The molecule has 162 valence electrons. The van der Waals surface area contributed by atoms with Crippen LogP contribution in [-0.4, -0.2) is 45.9 Å². The number of carbonyl (C=O) groups excluding carboxylic acids is 1. The number of rotatable bonds is 5. The molecule has 7 heteroatoms. The van der Waals surface area contributed by atoms with Crippen LogP contribution in [0, 0.1) is 26.7 Å². The molecule has 0 N–H and O–H groups in total. The average Bonchev–Trinajstić information content (AvgIpc) is 2.71. The molecule has 0 aromatic heterocycles. The van der Waals surface area contributed by atoms with E-state index in [1.807, 2.05) is 51.1 Å². The number of aryl methyl sites for hydroxylation is 3. The van der Waals surface area contributed by atoms with Gasteiger partial charge in [0.05, 0.1) is 17.9 Å². The van der Waals surface area contributed by atoms with E-state index >= 15 is 0 Å². The van der Waals surface area contributed by atoms with Gasteiger partial charge in [0.2, 0.25) is 15.9 Å². The van der Waals surface area contributed by atoms with Crippen LogP contribution in [0.3, 0.4) is 0 Å². The van der Waals surface area contributed by atoms with Gasteiger partial charge in [-0.05, 0) is 56.9 Å². The number of methoxy groups -OCH3 is 1. The number of anilines is 1. The molecular weight excluding hydrogens is 400 g/mol. The first-order valence-electron chi connectivity index (χ1n) is 10.1. The molecule has 1 saturated heterocycles. The Morgan fingerprint density at radius 1 is 1.13 bits per heavy atom. The molecule has 1 fully saturated rings. The largest absolute Gasteiger partial charge is 0.497 e. The Kier molecular flexibility index (Phi) is 6.53. The monoisotopic (exact) mass is 430 g/mol. The summed E-state index contributed by atoms with van der Waals surface area (Å²) < 4.78 is 33.6. The van der Waals surface area contributed by atoms with Crippen LogP contribution in [0.15, 0.2) is 41.3 Å². The summed E-state index contributed by atoms with van der Waals surface area (Å²) in [5, 5.41) is 0. The zero-order valence-corrected chi connectivity index (χ0v) is 19.1. The molecule has 6 nitrogen and oxygen atoms in total. The standard InChI is InChI=1S/C23H30N2O4S/c1-16-12-17(2)22(18(3)13-16)30(27,28)25-11-7-8-19(15-25)23(26)24(4)20-9-6-10-21(14-20)29-5/h6,9-10,12-14,19H,7-8,11,15H2,1-5H3. The number of benzene rings is 2. The predicted molar refractivity (Wildman–Crippen MR) is 119 cm³/mol. The Balaban J connectivity index is 1.83. The molecule has 1 aliphatic heterocycles. The third kappa shape index (κ3) is 4.37. The van der Waals surface area contributed by atoms with Gasteiger partial charge >= 0.3 is 0 Å². The van der Waals surface area contributed by atoms with E-state index in [1.165, 1.54) is 4.31 Å². The van der Waals surface area contributed by atoms with Gasteiger partial charge in [-0.1, -0.05) is 23.8 Å². The van der Waals surface area contributed by atoms with Crippen molar-refractivity contribution < 1.29 is 17.9 Å². The fourth-order valence-corrected chi connectivity index (χ4v) is 6.22. The van der Waals surface area contributed by atoms with E-state index in [9.17, 15) is 13.2 Å². The summed E-state index contributed by atoms with van der Waals surface area (Å²) in [5.41, 5.74) is 3.25. The molecule has 0 bridgehead atoms. The molecule has 2 aromatic carbocycles. The summed E-state index contributed by atoms with van der Waals surface area (Å²) in [6, 6.07) is 11.1. The lowest BCUT2D eigenvalue weighted by atomic mass is 9.98. The van der Waals surface area contributed by atoms with Crippen LogP contribution in [0.1, 0.15) is 29.5 Å². The van der Waals surface area contributed by atoms with Crippen molar-refractivity contribution >= 4 is 21.6 Å². The number of hydrogen-bond acceptors (Lipinski definition) is 4. The highest BCUT2D eigenvalue weighted by Gasteiger charge is 2.36. The van der Waals surface area contributed by atoms with E-state index in [0.29, 0.717) is 30.0 Å². The molecule has 0 saturated carbocycles. The summed E-state index contributed by atoms with van der Waals surface area (Å²) in [6.07, 6.45) is 1.33. The highest BCUT2D eigenvalue weighted by Crippen LogP contribution is 2.30. The van der Waals surface area contributed by atoms with Crippen LogP contribution in [0.4, 0.5) is 5.69 Å². The lowest BCUT2D eigenvalue weighted by Gasteiger charge is -2.34. The summed E-state index contributed by atoms with van der Waals surface area (Å²) in [5.74, 6) is 0.210. The highest BCUT2D eigenvalue weighted by molar-refractivity contribution is 7.89. The SMILES string of the molecule is COc1cccc(N(C)C(=O)C2CCCN(S(=O)(=O)c3c(C)cc(C)cc3C)C2)c1. The molecule has 1 amide bonds. The maximum absolute atomic E-state index is 13.4. The van der Waals surface area contributed by atoms with Gasteiger partial charge in [0, 0.05) is 31.9 Å². The molecule has 0 aliphatic carbocycles. The molecule has 0 spiro atoms. The van der Waals surface area contributed by atoms with Crippen molar-refractivity contribution in [3.63, 3.8) is 0 Å². The van der Waals surface area contributed by atoms with Gasteiger partial charge < -0.3 is 9.64 Å². The van der Waals surface area contributed by atoms with Gasteiger partial charge in [0.25, 0.3) is 0 Å². The van der Waals surface area contributed by atoms with E-state index in [1.54, 1.807) is 25.1 Å². The first-order chi connectivity index (χ1) is 14.1. The van der Waals surface area contributed by atoms with E-state index in [0.717, 1.165) is 22.4 Å². The molecule has 1 atom stereocenters. The smallest absolute Gasteiger partial charge is 0.243 e. The highest BCUT2D eigenvalue weighted by atomic mass is 32.2. The molecular formula is C23H30N2O4S. The van der Waals surface area contributed by atoms with Crippen molar-refractivity contribution in [3.05, 3.63) is 53.1 Å². The average molecular weight is 431 g/mol. The fourth-order valence-electron chi connectivity index (χ4n) is 4.29. The van der Waals surface area contributed by atoms with Gasteiger partial charge in [-0.15, -0.1) is 0 Å². The number of hydrogen-bond donors (Lipinski definition) is 0. The minimum atomic E-state index is -3.66. The van der Waals surface area contributed by atoms with Crippen molar-refractivity contribution in [1.82, 2.24) is 4.31 Å². The predicted octanol–water partition coefficient (Wildman–Crippen LogP) is 3.68.